The highest BCUT2D eigenvalue weighted by atomic mass is 32.1. The maximum absolute atomic E-state index is 5.12. The van der Waals surface area contributed by atoms with Gasteiger partial charge in [0.15, 0.2) is 0 Å². The highest BCUT2D eigenvalue weighted by Crippen LogP contribution is 2.17. The minimum absolute atomic E-state index is 0.493. The van der Waals surface area contributed by atoms with Gasteiger partial charge in [-0.1, -0.05) is 0 Å². The third-order valence-corrected chi connectivity index (χ3v) is 3.71. The SMILES string of the molecule is COCCN1CCC[C@@H](Nc2nc(C)ns2)C1. The minimum atomic E-state index is 0.493. The summed E-state index contributed by atoms with van der Waals surface area (Å²) in [7, 11) is 1.75. The van der Waals surface area contributed by atoms with Crippen molar-refractivity contribution in [1.29, 1.82) is 0 Å². The average molecular weight is 256 g/mol. The average Bonchev–Trinajstić information content (AvgIpc) is 2.73. The number of likely N-dealkylation sites (tertiary alicyclic amines) is 1. The van der Waals surface area contributed by atoms with E-state index in [-0.39, 0.29) is 0 Å². The summed E-state index contributed by atoms with van der Waals surface area (Å²) in [5, 5.41) is 4.42. The number of nitrogens with zero attached hydrogens (tertiary/aromatic N) is 3. The van der Waals surface area contributed by atoms with E-state index < -0.39 is 0 Å². The number of anilines is 1. The maximum Gasteiger partial charge on any atom is 0.202 e. The van der Waals surface area contributed by atoms with Crippen LogP contribution in [0.2, 0.25) is 0 Å². The van der Waals surface area contributed by atoms with E-state index in [1.807, 2.05) is 6.92 Å². The molecule has 0 unspecified atom stereocenters. The summed E-state index contributed by atoms with van der Waals surface area (Å²) in [4.78, 5) is 6.79. The summed E-state index contributed by atoms with van der Waals surface area (Å²) < 4.78 is 9.30. The molecule has 1 aromatic heterocycles. The van der Waals surface area contributed by atoms with Crippen molar-refractivity contribution in [3.63, 3.8) is 0 Å². The summed E-state index contributed by atoms with van der Waals surface area (Å²) in [5.41, 5.74) is 0. The van der Waals surface area contributed by atoms with Gasteiger partial charge >= 0.3 is 0 Å². The molecule has 0 amide bonds. The Hall–Kier alpha value is -0.720. The van der Waals surface area contributed by atoms with Crippen LogP contribution in [0.3, 0.4) is 0 Å². The highest BCUT2D eigenvalue weighted by Gasteiger charge is 2.20. The molecular formula is C11H20N4OS. The number of rotatable bonds is 5. The molecule has 5 nitrogen and oxygen atoms in total. The molecule has 1 atom stereocenters. The van der Waals surface area contributed by atoms with Crippen molar-refractivity contribution in [2.75, 3.05) is 38.7 Å². The Bertz CT molecular complexity index is 344. The van der Waals surface area contributed by atoms with Crippen LogP contribution in [0.5, 0.6) is 0 Å². The molecule has 0 aliphatic carbocycles. The van der Waals surface area contributed by atoms with E-state index in [2.05, 4.69) is 19.6 Å². The summed E-state index contributed by atoms with van der Waals surface area (Å²) in [5.74, 6) is 0.851. The van der Waals surface area contributed by atoms with Crippen LogP contribution in [-0.2, 0) is 4.74 Å². The van der Waals surface area contributed by atoms with Crippen LogP contribution in [0.25, 0.3) is 0 Å². The van der Waals surface area contributed by atoms with Crippen molar-refractivity contribution in [2.45, 2.75) is 25.8 Å². The maximum atomic E-state index is 5.12. The van der Waals surface area contributed by atoms with Gasteiger partial charge in [-0.05, 0) is 26.3 Å². The van der Waals surface area contributed by atoms with Crippen molar-refractivity contribution in [1.82, 2.24) is 14.3 Å². The van der Waals surface area contributed by atoms with Crippen LogP contribution in [0.15, 0.2) is 0 Å². The first-order valence-electron chi connectivity index (χ1n) is 6.06. The number of piperidine rings is 1. The summed E-state index contributed by atoms with van der Waals surface area (Å²) in [6.45, 7) is 6.00. The lowest BCUT2D eigenvalue weighted by Gasteiger charge is -2.32. The Labute approximate surface area is 106 Å². The second kappa shape index (κ2) is 6.28. The van der Waals surface area contributed by atoms with Crippen LogP contribution in [0.1, 0.15) is 18.7 Å². The van der Waals surface area contributed by atoms with Crippen LogP contribution >= 0.6 is 11.5 Å². The zero-order valence-electron chi connectivity index (χ0n) is 10.5. The van der Waals surface area contributed by atoms with E-state index in [0.29, 0.717) is 6.04 Å². The number of hydrogen-bond donors (Lipinski definition) is 1. The monoisotopic (exact) mass is 256 g/mol. The van der Waals surface area contributed by atoms with Crippen LogP contribution in [0, 0.1) is 6.92 Å². The first kappa shape index (κ1) is 12.7. The number of methoxy groups -OCH3 is 1. The van der Waals surface area contributed by atoms with Gasteiger partial charge in [0.25, 0.3) is 0 Å². The minimum Gasteiger partial charge on any atom is -0.383 e. The fourth-order valence-corrected chi connectivity index (χ4v) is 2.78. The Morgan fingerprint density at radius 2 is 2.47 bits per heavy atom. The van der Waals surface area contributed by atoms with Crippen molar-refractivity contribution in [3.05, 3.63) is 5.82 Å². The summed E-state index contributed by atoms with van der Waals surface area (Å²) in [6.07, 6.45) is 2.45. The van der Waals surface area contributed by atoms with Gasteiger partial charge in [-0.25, -0.2) is 4.98 Å². The summed E-state index contributed by atoms with van der Waals surface area (Å²) in [6, 6.07) is 0.493. The van der Waals surface area contributed by atoms with Crippen molar-refractivity contribution < 1.29 is 4.74 Å². The molecule has 2 heterocycles. The zero-order chi connectivity index (χ0) is 12.1. The second-order valence-corrected chi connectivity index (χ2v) is 5.18. The lowest BCUT2D eigenvalue weighted by Crippen LogP contribution is -2.43. The van der Waals surface area contributed by atoms with Crippen molar-refractivity contribution >= 4 is 16.7 Å². The number of ether oxygens (including phenoxy) is 1. The predicted molar refractivity (Wildman–Crippen MR) is 69.6 cm³/mol. The first-order chi connectivity index (χ1) is 8.28. The number of hydrogen-bond acceptors (Lipinski definition) is 6. The normalized spacial score (nSPS) is 21.6. The van der Waals surface area contributed by atoms with Gasteiger partial charge in [0.2, 0.25) is 5.13 Å². The molecule has 2 rings (SSSR count). The quantitative estimate of drug-likeness (QED) is 0.862. The molecule has 96 valence electrons. The van der Waals surface area contributed by atoms with Gasteiger partial charge in [0, 0.05) is 37.8 Å². The fourth-order valence-electron chi connectivity index (χ4n) is 2.13. The molecule has 6 heteroatoms. The lowest BCUT2D eigenvalue weighted by atomic mass is 10.1. The highest BCUT2D eigenvalue weighted by molar-refractivity contribution is 7.09. The molecule has 0 radical (unpaired) electrons. The van der Waals surface area contributed by atoms with Gasteiger partial charge < -0.3 is 10.1 Å². The zero-order valence-corrected chi connectivity index (χ0v) is 11.3. The second-order valence-electron chi connectivity index (χ2n) is 4.42. The molecule has 1 fully saturated rings. The standard InChI is InChI=1S/C11H20N4OS/c1-9-12-11(17-14-9)13-10-4-3-5-15(8-10)6-7-16-2/h10H,3-8H2,1-2H3,(H,12,13,14)/t10-/m1/s1. The van der Waals surface area contributed by atoms with Crippen molar-refractivity contribution in [2.24, 2.45) is 0 Å². The van der Waals surface area contributed by atoms with Gasteiger partial charge in [0.1, 0.15) is 5.82 Å². The Kier molecular flexibility index (Phi) is 4.70. The predicted octanol–water partition coefficient (Wildman–Crippen LogP) is 1.37. The van der Waals surface area contributed by atoms with Crippen LogP contribution < -0.4 is 5.32 Å². The van der Waals surface area contributed by atoms with Gasteiger partial charge in [0.05, 0.1) is 6.61 Å². The smallest absolute Gasteiger partial charge is 0.202 e. The molecule has 1 aliphatic rings. The molecule has 0 spiro atoms. The van der Waals surface area contributed by atoms with Gasteiger partial charge in [-0.15, -0.1) is 0 Å². The molecule has 1 aromatic rings. The molecule has 0 bridgehead atoms. The molecule has 1 saturated heterocycles. The van der Waals surface area contributed by atoms with Gasteiger partial charge in [-0.2, -0.15) is 4.37 Å². The first-order valence-corrected chi connectivity index (χ1v) is 6.83. The van der Waals surface area contributed by atoms with E-state index in [4.69, 9.17) is 4.74 Å². The number of aryl methyl sites for hydroxylation is 1. The number of aromatic nitrogens is 2. The topological polar surface area (TPSA) is 50.3 Å². The fraction of sp³-hybridized carbons (Fsp3) is 0.818. The number of nitrogens with one attached hydrogen (secondary N) is 1. The molecule has 1 N–H and O–H groups in total. The van der Waals surface area contributed by atoms with Crippen LogP contribution in [0.4, 0.5) is 5.13 Å². The van der Waals surface area contributed by atoms with E-state index in [9.17, 15) is 0 Å². The Morgan fingerprint density at radius 3 is 3.18 bits per heavy atom. The van der Waals surface area contributed by atoms with E-state index in [0.717, 1.165) is 30.7 Å². The van der Waals surface area contributed by atoms with Crippen LogP contribution in [-0.4, -0.2) is 53.7 Å². The molecule has 1 aliphatic heterocycles. The third kappa shape index (κ3) is 3.90. The van der Waals surface area contributed by atoms with E-state index in [1.165, 1.54) is 30.9 Å². The third-order valence-electron chi connectivity index (χ3n) is 2.97. The Morgan fingerprint density at radius 1 is 1.59 bits per heavy atom. The van der Waals surface area contributed by atoms with E-state index in [1.54, 1.807) is 7.11 Å². The summed E-state index contributed by atoms with van der Waals surface area (Å²) >= 11 is 1.45. The van der Waals surface area contributed by atoms with Gasteiger partial charge in [-0.3, -0.25) is 4.90 Å². The largest absolute Gasteiger partial charge is 0.383 e. The van der Waals surface area contributed by atoms with Crippen molar-refractivity contribution in [3.8, 4) is 0 Å². The molecule has 17 heavy (non-hydrogen) atoms. The lowest BCUT2D eigenvalue weighted by molar-refractivity contribution is 0.131. The Balaban J connectivity index is 1.80. The molecular weight excluding hydrogens is 236 g/mol. The molecule has 0 aromatic carbocycles. The van der Waals surface area contributed by atoms with E-state index >= 15 is 0 Å². The molecule has 0 saturated carbocycles.